The summed E-state index contributed by atoms with van der Waals surface area (Å²) in [6.07, 6.45) is 5.84. The molecular formula is C18H25F3O2. The largest absolute Gasteiger partial charge is 0.491 e. The van der Waals surface area contributed by atoms with E-state index in [1.54, 1.807) is 12.1 Å². The third-order valence-corrected chi connectivity index (χ3v) is 3.68. The summed E-state index contributed by atoms with van der Waals surface area (Å²) >= 11 is 0. The molecule has 0 atom stereocenters. The van der Waals surface area contributed by atoms with Gasteiger partial charge in [0.05, 0.1) is 0 Å². The van der Waals surface area contributed by atoms with Crippen LogP contribution in [0.3, 0.4) is 0 Å². The van der Waals surface area contributed by atoms with Crippen LogP contribution in [0.1, 0.15) is 63.9 Å². The van der Waals surface area contributed by atoms with Crippen molar-refractivity contribution >= 4 is 5.97 Å². The molecule has 1 rings (SSSR count). The van der Waals surface area contributed by atoms with Gasteiger partial charge in [0.2, 0.25) is 0 Å². The minimum Gasteiger partial charge on any atom is -0.420 e. The lowest BCUT2D eigenvalue weighted by molar-refractivity contribution is -0.189. The second-order valence-electron chi connectivity index (χ2n) is 5.76. The van der Waals surface area contributed by atoms with Crippen molar-refractivity contribution < 1.29 is 22.7 Å². The fourth-order valence-electron chi connectivity index (χ4n) is 2.35. The molecule has 0 aliphatic rings. The van der Waals surface area contributed by atoms with Crippen LogP contribution in [0.5, 0.6) is 5.75 Å². The smallest absolute Gasteiger partial charge is 0.420 e. The minimum atomic E-state index is -4.96. The molecule has 5 heteroatoms. The van der Waals surface area contributed by atoms with Gasteiger partial charge in [-0.25, -0.2) is 4.79 Å². The van der Waals surface area contributed by atoms with E-state index in [4.69, 9.17) is 0 Å². The summed E-state index contributed by atoms with van der Waals surface area (Å²) in [6.45, 7) is 2.20. The van der Waals surface area contributed by atoms with Crippen molar-refractivity contribution in [1.82, 2.24) is 0 Å². The first kappa shape index (κ1) is 19.5. The Morgan fingerprint density at radius 3 is 1.96 bits per heavy atom. The Labute approximate surface area is 136 Å². The molecule has 0 heterocycles. The van der Waals surface area contributed by atoms with Crippen LogP contribution in [0.25, 0.3) is 0 Å². The van der Waals surface area contributed by atoms with E-state index in [9.17, 15) is 18.0 Å². The van der Waals surface area contributed by atoms with Crippen molar-refractivity contribution in [2.75, 3.05) is 0 Å². The normalized spacial score (nSPS) is 11.5. The van der Waals surface area contributed by atoms with Gasteiger partial charge in [-0.1, -0.05) is 64.0 Å². The molecule has 0 aliphatic carbocycles. The quantitative estimate of drug-likeness (QED) is 0.306. The summed E-state index contributed by atoms with van der Waals surface area (Å²) in [4.78, 5) is 10.7. The number of alkyl halides is 3. The lowest BCUT2D eigenvalue weighted by atomic mass is 10.0. The average molecular weight is 330 g/mol. The zero-order valence-electron chi connectivity index (χ0n) is 13.6. The van der Waals surface area contributed by atoms with Crippen LogP contribution in [-0.4, -0.2) is 12.1 Å². The number of esters is 1. The van der Waals surface area contributed by atoms with Gasteiger partial charge in [-0.2, -0.15) is 13.2 Å². The standard InChI is InChI=1S/C18H25F3O2/c1-2-3-4-5-6-7-8-9-10-15-11-13-16(14-12-15)23-17(22)18(19,20)21/h11-14H,2-10H2,1H3. The Bertz CT molecular complexity index is 452. The van der Waals surface area contributed by atoms with Gasteiger partial charge in [0, 0.05) is 0 Å². The number of carbonyl (C=O) groups is 1. The molecule has 0 aromatic heterocycles. The average Bonchev–Trinajstić information content (AvgIpc) is 2.50. The Hall–Kier alpha value is -1.52. The van der Waals surface area contributed by atoms with E-state index < -0.39 is 12.1 Å². The van der Waals surface area contributed by atoms with E-state index in [1.807, 2.05) is 0 Å². The molecule has 0 bridgehead atoms. The predicted molar refractivity (Wildman–Crippen MR) is 84.4 cm³/mol. The summed E-state index contributed by atoms with van der Waals surface area (Å²) in [5.41, 5.74) is 1.04. The zero-order valence-corrected chi connectivity index (χ0v) is 13.6. The molecule has 0 aliphatic heterocycles. The first-order valence-electron chi connectivity index (χ1n) is 8.31. The van der Waals surface area contributed by atoms with Crippen LogP contribution in [0.2, 0.25) is 0 Å². The highest BCUT2D eigenvalue weighted by Gasteiger charge is 2.41. The number of hydrogen-bond acceptors (Lipinski definition) is 2. The molecule has 0 saturated carbocycles. The van der Waals surface area contributed by atoms with Gasteiger partial charge in [-0.3, -0.25) is 0 Å². The highest BCUT2D eigenvalue weighted by Crippen LogP contribution is 2.21. The van der Waals surface area contributed by atoms with Gasteiger partial charge in [-0.05, 0) is 30.5 Å². The number of rotatable bonds is 10. The maximum Gasteiger partial charge on any atom is 0.491 e. The van der Waals surface area contributed by atoms with Crippen molar-refractivity contribution in [3.63, 3.8) is 0 Å². The molecule has 0 fully saturated rings. The molecule has 0 N–H and O–H groups in total. The van der Waals surface area contributed by atoms with Gasteiger partial charge < -0.3 is 4.74 Å². The van der Waals surface area contributed by atoms with Crippen LogP contribution in [0.4, 0.5) is 13.2 Å². The van der Waals surface area contributed by atoms with Crippen molar-refractivity contribution in [3.8, 4) is 5.75 Å². The number of unbranched alkanes of at least 4 members (excludes halogenated alkanes) is 7. The molecule has 130 valence electrons. The molecule has 0 amide bonds. The van der Waals surface area contributed by atoms with Crippen LogP contribution in [0.15, 0.2) is 24.3 Å². The maximum atomic E-state index is 12.1. The minimum absolute atomic E-state index is 0.0769. The molecular weight excluding hydrogens is 305 g/mol. The third-order valence-electron chi connectivity index (χ3n) is 3.68. The number of carbonyl (C=O) groups excluding carboxylic acids is 1. The number of halogens is 3. The summed E-state index contributed by atoms with van der Waals surface area (Å²) in [6, 6.07) is 6.23. The van der Waals surface area contributed by atoms with E-state index in [0.717, 1.165) is 24.8 Å². The fraction of sp³-hybridized carbons (Fsp3) is 0.611. The molecule has 2 nitrogen and oxygen atoms in total. The van der Waals surface area contributed by atoms with E-state index in [0.29, 0.717) is 0 Å². The lowest BCUT2D eigenvalue weighted by Gasteiger charge is -2.07. The maximum absolute atomic E-state index is 12.1. The van der Waals surface area contributed by atoms with Crippen LogP contribution < -0.4 is 4.74 Å². The number of benzene rings is 1. The molecule has 0 spiro atoms. The van der Waals surface area contributed by atoms with Gasteiger partial charge in [0.25, 0.3) is 0 Å². The highest BCUT2D eigenvalue weighted by molar-refractivity contribution is 5.78. The first-order valence-corrected chi connectivity index (χ1v) is 8.31. The second kappa shape index (κ2) is 10.3. The monoisotopic (exact) mass is 330 g/mol. The van der Waals surface area contributed by atoms with Crippen molar-refractivity contribution in [2.24, 2.45) is 0 Å². The molecule has 1 aromatic carbocycles. The Balaban J connectivity index is 2.20. The Morgan fingerprint density at radius 2 is 1.43 bits per heavy atom. The van der Waals surface area contributed by atoms with Crippen LogP contribution >= 0.6 is 0 Å². The van der Waals surface area contributed by atoms with Crippen molar-refractivity contribution in [3.05, 3.63) is 29.8 Å². The summed E-state index contributed by atoms with van der Waals surface area (Å²) < 4.78 is 40.5. The van der Waals surface area contributed by atoms with Crippen LogP contribution in [0, 0.1) is 0 Å². The number of aryl methyl sites for hydroxylation is 1. The molecule has 23 heavy (non-hydrogen) atoms. The SMILES string of the molecule is CCCCCCCCCCc1ccc(OC(=O)C(F)(F)F)cc1. The molecule has 1 aromatic rings. The van der Waals surface area contributed by atoms with Crippen molar-refractivity contribution in [2.45, 2.75) is 70.9 Å². The van der Waals surface area contributed by atoms with Gasteiger partial charge in [0.15, 0.2) is 0 Å². The second-order valence-corrected chi connectivity index (χ2v) is 5.76. The summed E-state index contributed by atoms with van der Waals surface area (Å²) in [5.74, 6) is -2.26. The zero-order chi connectivity index (χ0) is 17.1. The number of ether oxygens (including phenoxy) is 1. The Kier molecular flexibility index (Phi) is 8.74. The molecule has 0 unspecified atom stereocenters. The first-order chi connectivity index (χ1) is 10.9. The molecule has 0 saturated heterocycles. The lowest BCUT2D eigenvalue weighted by Crippen LogP contribution is -2.27. The topological polar surface area (TPSA) is 26.3 Å². The third kappa shape index (κ3) is 8.62. The molecule has 0 radical (unpaired) electrons. The van der Waals surface area contributed by atoms with E-state index >= 15 is 0 Å². The van der Waals surface area contributed by atoms with Crippen LogP contribution in [-0.2, 0) is 11.2 Å². The highest BCUT2D eigenvalue weighted by atomic mass is 19.4. The van der Waals surface area contributed by atoms with Gasteiger partial charge in [-0.15, -0.1) is 0 Å². The van der Waals surface area contributed by atoms with E-state index in [2.05, 4.69) is 11.7 Å². The fourth-order valence-corrected chi connectivity index (χ4v) is 2.35. The summed E-state index contributed by atoms with van der Waals surface area (Å²) in [7, 11) is 0. The van der Waals surface area contributed by atoms with Gasteiger partial charge >= 0.3 is 12.1 Å². The van der Waals surface area contributed by atoms with Gasteiger partial charge in [0.1, 0.15) is 5.75 Å². The van der Waals surface area contributed by atoms with E-state index in [-0.39, 0.29) is 5.75 Å². The summed E-state index contributed by atoms with van der Waals surface area (Å²) in [5, 5.41) is 0. The Morgan fingerprint density at radius 1 is 0.913 bits per heavy atom. The van der Waals surface area contributed by atoms with E-state index in [1.165, 1.54) is 50.7 Å². The number of hydrogen-bond donors (Lipinski definition) is 0. The van der Waals surface area contributed by atoms with Crippen molar-refractivity contribution in [1.29, 1.82) is 0 Å². The predicted octanol–water partition coefficient (Wildman–Crippen LogP) is 5.84.